The Kier molecular flexibility index (Phi) is 5.96. The molecule has 0 saturated carbocycles. The first-order valence-electron chi connectivity index (χ1n) is 9.23. The Morgan fingerprint density at radius 1 is 1.12 bits per heavy atom. The summed E-state index contributed by atoms with van der Waals surface area (Å²) in [4.78, 5) is 30.7. The minimum Gasteiger partial charge on any atom is -0.469 e. The molecule has 0 radical (unpaired) electrons. The van der Waals surface area contributed by atoms with Crippen LogP contribution in [0.15, 0.2) is 22.8 Å². The van der Waals surface area contributed by atoms with Crippen LogP contribution in [-0.2, 0) is 11.2 Å². The van der Waals surface area contributed by atoms with Crippen LogP contribution < -0.4 is 5.32 Å². The van der Waals surface area contributed by atoms with Crippen molar-refractivity contribution in [3.63, 3.8) is 0 Å². The molecule has 3 amide bonds. The molecule has 2 aliphatic rings. The molecule has 2 fully saturated rings. The molecule has 0 bridgehead atoms. The molecule has 1 aromatic rings. The van der Waals surface area contributed by atoms with Crippen molar-refractivity contribution in [2.75, 3.05) is 45.8 Å². The summed E-state index contributed by atoms with van der Waals surface area (Å²) >= 11 is 0. The van der Waals surface area contributed by atoms with E-state index in [0.717, 1.165) is 44.8 Å². The van der Waals surface area contributed by atoms with E-state index in [1.54, 1.807) is 6.26 Å². The van der Waals surface area contributed by atoms with E-state index < -0.39 is 0 Å². The van der Waals surface area contributed by atoms with Crippen molar-refractivity contribution in [1.29, 1.82) is 0 Å². The molecule has 0 spiro atoms. The molecule has 0 unspecified atom stereocenters. The second kappa shape index (κ2) is 8.38. The summed E-state index contributed by atoms with van der Waals surface area (Å²) in [7, 11) is 0. The Hall–Kier alpha value is -2.02. The van der Waals surface area contributed by atoms with Crippen molar-refractivity contribution < 1.29 is 14.0 Å². The topological polar surface area (TPSA) is 69.0 Å². The summed E-state index contributed by atoms with van der Waals surface area (Å²) in [5.74, 6) is 1.10. The van der Waals surface area contributed by atoms with Gasteiger partial charge in [0.25, 0.3) is 0 Å². The van der Waals surface area contributed by atoms with Crippen LogP contribution >= 0.6 is 0 Å². The standard InChI is InChI=1S/C18H28N4O3/c1-15(17(23)21-8-2-3-9-21)20-10-12-22(13-11-20)18(24)19-7-6-16-5-4-14-25-16/h4-5,14-15H,2-3,6-13H2,1H3,(H,19,24)/t15-/m0/s1. The Balaban J connectivity index is 1.38. The number of nitrogens with zero attached hydrogens (tertiary/aromatic N) is 3. The van der Waals surface area contributed by atoms with E-state index in [2.05, 4.69) is 10.2 Å². The van der Waals surface area contributed by atoms with Gasteiger partial charge in [0.1, 0.15) is 5.76 Å². The molecule has 3 heterocycles. The van der Waals surface area contributed by atoms with E-state index in [9.17, 15) is 9.59 Å². The molecule has 1 aromatic heterocycles. The summed E-state index contributed by atoms with van der Waals surface area (Å²) in [5, 5.41) is 2.94. The molecule has 25 heavy (non-hydrogen) atoms. The van der Waals surface area contributed by atoms with E-state index in [1.165, 1.54) is 0 Å². The number of urea groups is 1. The summed E-state index contributed by atoms with van der Waals surface area (Å²) < 4.78 is 5.26. The van der Waals surface area contributed by atoms with E-state index >= 15 is 0 Å². The maximum absolute atomic E-state index is 12.5. The highest BCUT2D eigenvalue weighted by molar-refractivity contribution is 5.81. The first-order chi connectivity index (χ1) is 12.1. The zero-order chi connectivity index (χ0) is 17.6. The Bertz CT molecular complexity index is 561. The van der Waals surface area contributed by atoms with Crippen LogP contribution in [0.4, 0.5) is 4.79 Å². The van der Waals surface area contributed by atoms with E-state index in [4.69, 9.17) is 4.42 Å². The third kappa shape index (κ3) is 4.54. The van der Waals surface area contributed by atoms with Crippen molar-refractivity contribution in [2.24, 2.45) is 0 Å². The molecule has 0 aromatic carbocycles. The van der Waals surface area contributed by atoms with Gasteiger partial charge in [0.05, 0.1) is 12.3 Å². The number of furan rings is 1. The maximum atomic E-state index is 12.5. The first kappa shape index (κ1) is 17.8. The van der Waals surface area contributed by atoms with Crippen molar-refractivity contribution in [3.05, 3.63) is 24.2 Å². The van der Waals surface area contributed by atoms with Crippen LogP contribution in [0.2, 0.25) is 0 Å². The number of rotatable bonds is 5. The van der Waals surface area contributed by atoms with Crippen molar-refractivity contribution in [2.45, 2.75) is 32.2 Å². The number of likely N-dealkylation sites (tertiary alicyclic amines) is 1. The van der Waals surface area contributed by atoms with Gasteiger partial charge in [-0.05, 0) is 31.9 Å². The Morgan fingerprint density at radius 3 is 2.48 bits per heavy atom. The van der Waals surface area contributed by atoms with Crippen LogP contribution in [0.3, 0.4) is 0 Å². The van der Waals surface area contributed by atoms with Crippen LogP contribution in [0, 0.1) is 0 Å². The lowest BCUT2D eigenvalue weighted by Gasteiger charge is -2.38. The average molecular weight is 348 g/mol. The van der Waals surface area contributed by atoms with Crippen LogP contribution in [0.5, 0.6) is 0 Å². The van der Waals surface area contributed by atoms with Crippen molar-refractivity contribution in [1.82, 2.24) is 20.0 Å². The van der Waals surface area contributed by atoms with Crippen LogP contribution in [0.25, 0.3) is 0 Å². The Labute approximate surface area is 148 Å². The van der Waals surface area contributed by atoms with E-state index in [-0.39, 0.29) is 18.0 Å². The largest absolute Gasteiger partial charge is 0.469 e. The fourth-order valence-electron chi connectivity index (χ4n) is 3.53. The molecule has 7 nitrogen and oxygen atoms in total. The van der Waals surface area contributed by atoms with Gasteiger partial charge in [0.2, 0.25) is 5.91 Å². The summed E-state index contributed by atoms with van der Waals surface area (Å²) in [5.41, 5.74) is 0. The SMILES string of the molecule is C[C@@H](C(=O)N1CCCC1)N1CCN(C(=O)NCCc2ccco2)CC1. The van der Waals surface area contributed by atoms with Crippen molar-refractivity contribution >= 4 is 11.9 Å². The van der Waals surface area contributed by atoms with Gasteiger partial charge in [-0.1, -0.05) is 0 Å². The lowest BCUT2D eigenvalue weighted by molar-refractivity contribution is -0.135. The molecule has 1 N–H and O–H groups in total. The number of hydrogen-bond donors (Lipinski definition) is 1. The van der Waals surface area contributed by atoms with Gasteiger partial charge in [-0.25, -0.2) is 4.79 Å². The summed E-state index contributed by atoms with van der Waals surface area (Å²) in [6, 6.07) is 3.62. The highest BCUT2D eigenvalue weighted by Crippen LogP contribution is 2.14. The molecular formula is C18H28N4O3. The number of nitrogens with one attached hydrogen (secondary N) is 1. The fraction of sp³-hybridized carbons (Fsp3) is 0.667. The molecule has 2 saturated heterocycles. The number of piperazine rings is 1. The number of hydrogen-bond acceptors (Lipinski definition) is 4. The zero-order valence-electron chi connectivity index (χ0n) is 14.9. The second-order valence-corrected chi connectivity index (χ2v) is 6.79. The highest BCUT2D eigenvalue weighted by Gasteiger charge is 2.30. The van der Waals surface area contributed by atoms with Gasteiger partial charge >= 0.3 is 6.03 Å². The lowest BCUT2D eigenvalue weighted by Crippen LogP contribution is -2.56. The fourth-order valence-corrected chi connectivity index (χ4v) is 3.53. The Morgan fingerprint density at radius 2 is 1.84 bits per heavy atom. The number of carbonyl (C=O) groups is 2. The van der Waals surface area contributed by atoms with Gasteiger partial charge in [0.15, 0.2) is 0 Å². The monoisotopic (exact) mass is 348 g/mol. The summed E-state index contributed by atoms with van der Waals surface area (Å²) in [6.45, 7) is 7.13. The molecule has 138 valence electrons. The first-order valence-corrected chi connectivity index (χ1v) is 9.23. The third-order valence-corrected chi connectivity index (χ3v) is 5.15. The molecular weight excluding hydrogens is 320 g/mol. The third-order valence-electron chi connectivity index (χ3n) is 5.15. The van der Waals surface area contributed by atoms with Crippen molar-refractivity contribution in [3.8, 4) is 0 Å². The molecule has 1 atom stereocenters. The average Bonchev–Trinajstić information content (AvgIpc) is 3.34. The maximum Gasteiger partial charge on any atom is 0.317 e. The zero-order valence-corrected chi connectivity index (χ0v) is 14.9. The van der Waals surface area contributed by atoms with Gasteiger partial charge in [-0.15, -0.1) is 0 Å². The number of carbonyl (C=O) groups excluding carboxylic acids is 2. The second-order valence-electron chi connectivity index (χ2n) is 6.79. The smallest absolute Gasteiger partial charge is 0.317 e. The quantitative estimate of drug-likeness (QED) is 0.867. The molecule has 3 rings (SSSR count). The lowest BCUT2D eigenvalue weighted by atomic mass is 10.2. The molecule has 2 aliphatic heterocycles. The number of amides is 3. The minimum absolute atomic E-state index is 0.0373. The van der Waals surface area contributed by atoms with Gasteiger partial charge in [-0.3, -0.25) is 9.69 Å². The van der Waals surface area contributed by atoms with E-state index in [0.29, 0.717) is 26.1 Å². The van der Waals surface area contributed by atoms with E-state index in [1.807, 2.05) is 28.9 Å². The predicted octanol–water partition coefficient (Wildman–Crippen LogP) is 1.16. The van der Waals surface area contributed by atoms with Crippen LogP contribution in [0.1, 0.15) is 25.5 Å². The minimum atomic E-state index is -0.0951. The normalized spacial score (nSPS) is 19.9. The highest BCUT2D eigenvalue weighted by atomic mass is 16.3. The van der Waals surface area contributed by atoms with Gasteiger partial charge < -0.3 is 19.5 Å². The van der Waals surface area contributed by atoms with Gasteiger partial charge in [-0.2, -0.15) is 0 Å². The molecule has 0 aliphatic carbocycles. The van der Waals surface area contributed by atoms with Crippen LogP contribution in [-0.4, -0.2) is 78.5 Å². The molecule has 7 heteroatoms. The van der Waals surface area contributed by atoms with Gasteiger partial charge in [0, 0.05) is 52.2 Å². The predicted molar refractivity (Wildman–Crippen MR) is 94.2 cm³/mol. The summed E-state index contributed by atoms with van der Waals surface area (Å²) in [6.07, 6.45) is 4.57.